The Hall–Kier alpha value is -1.93. The number of Topliss-reactive ketones (excluding diaryl/α,β-unsaturated/α-hetero) is 1. The van der Waals surface area contributed by atoms with Gasteiger partial charge in [0, 0.05) is 0 Å². The maximum Gasteiger partial charge on any atom is 0.418 e. The van der Waals surface area contributed by atoms with Crippen LogP contribution in [0.25, 0.3) is 0 Å². The second kappa shape index (κ2) is 7.19. The standard InChI is InChI=1S/C13H14F3NO4/c1-2-9(10(18)12(19)17-20)21-11(13(14,15)16)8-6-4-3-5-7-8/h3-7,9,11,20H,2H2,1H3,(H,17,19). The lowest BCUT2D eigenvalue weighted by Gasteiger charge is -2.25. The summed E-state index contributed by atoms with van der Waals surface area (Å²) in [5.41, 5.74) is 0.902. The van der Waals surface area contributed by atoms with E-state index in [0.29, 0.717) is 0 Å². The van der Waals surface area contributed by atoms with Gasteiger partial charge in [-0.15, -0.1) is 0 Å². The maximum absolute atomic E-state index is 13.1. The average molecular weight is 305 g/mol. The minimum atomic E-state index is -4.75. The van der Waals surface area contributed by atoms with Crippen LogP contribution in [0.5, 0.6) is 0 Å². The first-order chi connectivity index (χ1) is 9.81. The molecule has 1 aromatic carbocycles. The van der Waals surface area contributed by atoms with Crippen LogP contribution in [0.15, 0.2) is 30.3 Å². The lowest BCUT2D eigenvalue weighted by atomic mass is 10.1. The molecule has 5 nitrogen and oxygen atoms in total. The summed E-state index contributed by atoms with van der Waals surface area (Å²) in [5, 5.41) is 8.36. The number of benzene rings is 1. The Bertz CT molecular complexity index is 490. The van der Waals surface area contributed by atoms with Crippen molar-refractivity contribution in [3.63, 3.8) is 0 Å². The molecule has 21 heavy (non-hydrogen) atoms. The summed E-state index contributed by atoms with van der Waals surface area (Å²) in [6.45, 7) is 1.39. The molecule has 2 N–H and O–H groups in total. The molecule has 0 aliphatic heterocycles. The largest absolute Gasteiger partial charge is 0.418 e. The minimum Gasteiger partial charge on any atom is -0.352 e. The van der Waals surface area contributed by atoms with Gasteiger partial charge in [0.15, 0.2) is 6.10 Å². The summed E-state index contributed by atoms with van der Waals surface area (Å²) in [5.74, 6) is -2.69. The number of hydrogen-bond donors (Lipinski definition) is 2. The van der Waals surface area contributed by atoms with Crippen molar-refractivity contribution in [2.75, 3.05) is 0 Å². The summed E-state index contributed by atoms with van der Waals surface area (Å²) in [6.07, 6.45) is -8.83. The Morgan fingerprint density at radius 2 is 1.86 bits per heavy atom. The molecular weight excluding hydrogens is 291 g/mol. The van der Waals surface area contributed by atoms with Crippen molar-refractivity contribution in [3.8, 4) is 0 Å². The van der Waals surface area contributed by atoms with Crippen molar-refractivity contribution in [3.05, 3.63) is 35.9 Å². The van der Waals surface area contributed by atoms with E-state index in [1.807, 2.05) is 0 Å². The highest BCUT2D eigenvalue weighted by molar-refractivity contribution is 6.37. The predicted molar refractivity (Wildman–Crippen MR) is 65.3 cm³/mol. The number of amides is 1. The van der Waals surface area contributed by atoms with Crippen LogP contribution in [-0.4, -0.2) is 29.2 Å². The highest BCUT2D eigenvalue weighted by Gasteiger charge is 2.44. The van der Waals surface area contributed by atoms with Crippen molar-refractivity contribution in [2.24, 2.45) is 0 Å². The maximum atomic E-state index is 13.1. The molecule has 0 fully saturated rings. The van der Waals surface area contributed by atoms with Crippen LogP contribution in [0.4, 0.5) is 13.2 Å². The number of rotatable bonds is 6. The van der Waals surface area contributed by atoms with Crippen molar-refractivity contribution in [1.82, 2.24) is 5.48 Å². The molecule has 0 spiro atoms. The van der Waals surface area contributed by atoms with Crippen LogP contribution in [0.1, 0.15) is 25.0 Å². The van der Waals surface area contributed by atoms with Crippen molar-refractivity contribution >= 4 is 11.7 Å². The van der Waals surface area contributed by atoms with E-state index >= 15 is 0 Å². The topological polar surface area (TPSA) is 75.6 Å². The molecule has 0 radical (unpaired) electrons. The number of carbonyl (C=O) groups excluding carboxylic acids is 2. The van der Waals surface area contributed by atoms with E-state index < -0.39 is 30.1 Å². The molecule has 0 aliphatic carbocycles. The Morgan fingerprint density at radius 3 is 2.29 bits per heavy atom. The number of alkyl halides is 3. The van der Waals surface area contributed by atoms with Gasteiger partial charge in [0.25, 0.3) is 5.78 Å². The van der Waals surface area contributed by atoms with Gasteiger partial charge in [-0.3, -0.25) is 14.8 Å². The molecule has 8 heteroatoms. The van der Waals surface area contributed by atoms with E-state index in [0.717, 1.165) is 5.48 Å². The Kier molecular flexibility index (Phi) is 5.86. The molecule has 116 valence electrons. The number of halogens is 3. The highest BCUT2D eigenvalue weighted by Crippen LogP contribution is 2.37. The van der Waals surface area contributed by atoms with Gasteiger partial charge in [0.1, 0.15) is 6.10 Å². The van der Waals surface area contributed by atoms with Gasteiger partial charge in [-0.2, -0.15) is 13.2 Å². The number of ether oxygens (including phenoxy) is 1. The molecule has 2 atom stereocenters. The third-order valence-electron chi connectivity index (χ3n) is 2.69. The molecule has 0 aromatic heterocycles. The fraction of sp³-hybridized carbons (Fsp3) is 0.385. The van der Waals surface area contributed by atoms with Crippen LogP contribution >= 0.6 is 0 Å². The zero-order chi connectivity index (χ0) is 16.0. The van der Waals surface area contributed by atoms with Crippen LogP contribution in [0, 0.1) is 0 Å². The molecular formula is C13H14F3NO4. The third kappa shape index (κ3) is 4.54. The molecule has 1 aromatic rings. The fourth-order valence-electron chi connectivity index (χ4n) is 1.68. The molecule has 0 bridgehead atoms. The number of hydrogen-bond acceptors (Lipinski definition) is 4. The van der Waals surface area contributed by atoms with Crippen LogP contribution in [0.2, 0.25) is 0 Å². The normalized spacial score (nSPS) is 14.3. The van der Waals surface area contributed by atoms with E-state index in [-0.39, 0.29) is 12.0 Å². The summed E-state index contributed by atoms with van der Waals surface area (Å²) >= 11 is 0. The quantitative estimate of drug-likeness (QED) is 0.480. The van der Waals surface area contributed by atoms with Crippen molar-refractivity contribution in [1.29, 1.82) is 0 Å². The lowest BCUT2D eigenvalue weighted by molar-refractivity contribution is -0.235. The Labute approximate surface area is 118 Å². The summed E-state index contributed by atoms with van der Waals surface area (Å²) in [4.78, 5) is 22.5. The first-order valence-corrected chi connectivity index (χ1v) is 6.06. The second-order valence-electron chi connectivity index (χ2n) is 4.17. The lowest BCUT2D eigenvalue weighted by Crippen LogP contribution is -2.40. The van der Waals surface area contributed by atoms with E-state index in [2.05, 4.69) is 0 Å². The van der Waals surface area contributed by atoms with E-state index in [4.69, 9.17) is 9.94 Å². The minimum absolute atomic E-state index is 0.147. The second-order valence-corrected chi connectivity index (χ2v) is 4.17. The van der Waals surface area contributed by atoms with Crippen LogP contribution in [0.3, 0.4) is 0 Å². The van der Waals surface area contributed by atoms with Crippen LogP contribution < -0.4 is 5.48 Å². The van der Waals surface area contributed by atoms with Gasteiger partial charge in [0.2, 0.25) is 0 Å². The van der Waals surface area contributed by atoms with Gasteiger partial charge in [-0.05, 0) is 12.0 Å². The molecule has 0 saturated carbocycles. The molecule has 1 rings (SSSR count). The monoisotopic (exact) mass is 305 g/mol. The van der Waals surface area contributed by atoms with Gasteiger partial charge in [0.05, 0.1) is 0 Å². The highest BCUT2D eigenvalue weighted by atomic mass is 19.4. The first kappa shape index (κ1) is 17.1. The van der Waals surface area contributed by atoms with Crippen LogP contribution in [-0.2, 0) is 14.3 Å². The summed E-state index contributed by atoms with van der Waals surface area (Å²) in [7, 11) is 0. The third-order valence-corrected chi connectivity index (χ3v) is 2.69. The first-order valence-electron chi connectivity index (χ1n) is 6.06. The number of nitrogens with one attached hydrogen (secondary N) is 1. The zero-order valence-corrected chi connectivity index (χ0v) is 11.1. The summed E-state index contributed by atoms with van der Waals surface area (Å²) < 4.78 is 44.0. The van der Waals surface area contributed by atoms with E-state index in [1.165, 1.54) is 31.2 Å². The van der Waals surface area contributed by atoms with Gasteiger partial charge < -0.3 is 4.74 Å². The molecule has 2 unspecified atom stereocenters. The number of hydroxylamine groups is 1. The number of ketones is 1. The van der Waals surface area contributed by atoms with E-state index in [1.54, 1.807) is 6.07 Å². The van der Waals surface area contributed by atoms with Crippen molar-refractivity contribution in [2.45, 2.75) is 31.7 Å². The fourth-order valence-corrected chi connectivity index (χ4v) is 1.68. The summed E-state index contributed by atoms with van der Waals surface area (Å²) in [6, 6.07) is 6.77. The Morgan fingerprint density at radius 1 is 1.29 bits per heavy atom. The van der Waals surface area contributed by atoms with E-state index in [9.17, 15) is 22.8 Å². The SMILES string of the molecule is CCC(OC(c1ccccc1)C(F)(F)F)C(=O)C(=O)NO. The molecule has 0 aliphatic rings. The Balaban J connectivity index is 3.01. The molecule has 0 heterocycles. The molecule has 1 amide bonds. The predicted octanol–water partition coefficient (Wildman–Crippen LogP) is 2.16. The molecule has 0 saturated heterocycles. The van der Waals surface area contributed by atoms with Gasteiger partial charge in [-0.25, -0.2) is 5.48 Å². The smallest absolute Gasteiger partial charge is 0.352 e. The van der Waals surface area contributed by atoms with Gasteiger partial charge in [-0.1, -0.05) is 37.3 Å². The zero-order valence-electron chi connectivity index (χ0n) is 11.1. The van der Waals surface area contributed by atoms with Crippen molar-refractivity contribution < 1.29 is 32.7 Å². The number of carbonyl (C=O) groups is 2. The average Bonchev–Trinajstić information content (AvgIpc) is 2.46. The van der Waals surface area contributed by atoms with Gasteiger partial charge >= 0.3 is 12.1 Å².